The fourth-order valence-corrected chi connectivity index (χ4v) is 2.04. The van der Waals surface area contributed by atoms with Crippen molar-refractivity contribution in [1.29, 1.82) is 0 Å². The minimum atomic E-state index is 0.0292. The second-order valence-electron chi connectivity index (χ2n) is 4.73. The largest absolute Gasteiger partial charge is 0.385 e. The Bertz CT molecular complexity index is 163. The first kappa shape index (κ1) is 12.0. The predicted octanol–water partition coefficient (Wildman–Crippen LogP) is 1.22. The van der Waals surface area contributed by atoms with E-state index in [-0.39, 0.29) is 5.54 Å². The van der Waals surface area contributed by atoms with E-state index in [1.807, 2.05) is 0 Å². The lowest BCUT2D eigenvalue weighted by Crippen LogP contribution is -2.52. The highest BCUT2D eigenvalue weighted by Crippen LogP contribution is 2.24. The molecule has 0 aromatic carbocycles. The maximum Gasteiger partial charge on any atom is 0.0479 e. The first-order chi connectivity index (χ1) is 6.57. The number of methoxy groups -OCH3 is 1. The van der Waals surface area contributed by atoms with Crippen LogP contribution in [0.25, 0.3) is 0 Å². The van der Waals surface area contributed by atoms with Gasteiger partial charge in [-0.15, -0.1) is 0 Å². The molecule has 0 aliphatic carbocycles. The van der Waals surface area contributed by atoms with E-state index in [4.69, 9.17) is 10.5 Å². The zero-order chi connectivity index (χ0) is 10.6. The van der Waals surface area contributed by atoms with Crippen molar-refractivity contribution in [2.24, 2.45) is 5.73 Å². The molecule has 14 heavy (non-hydrogen) atoms. The fourth-order valence-electron chi connectivity index (χ4n) is 2.04. The van der Waals surface area contributed by atoms with Gasteiger partial charge in [-0.3, -0.25) is 0 Å². The van der Waals surface area contributed by atoms with Gasteiger partial charge >= 0.3 is 0 Å². The molecule has 1 rings (SSSR count). The van der Waals surface area contributed by atoms with Crippen molar-refractivity contribution in [2.45, 2.75) is 44.7 Å². The maximum absolute atomic E-state index is 6.30. The van der Waals surface area contributed by atoms with Crippen LogP contribution in [0.4, 0.5) is 0 Å². The highest BCUT2D eigenvalue weighted by molar-refractivity contribution is 4.90. The van der Waals surface area contributed by atoms with Gasteiger partial charge in [-0.25, -0.2) is 0 Å². The Kier molecular flexibility index (Phi) is 4.35. The van der Waals surface area contributed by atoms with E-state index in [2.05, 4.69) is 18.7 Å². The minimum absolute atomic E-state index is 0.0292. The van der Waals surface area contributed by atoms with E-state index >= 15 is 0 Å². The smallest absolute Gasteiger partial charge is 0.0479 e. The molecule has 2 N–H and O–H groups in total. The van der Waals surface area contributed by atoms with Crippen LogP contribution in [0.1, 0.15) is 33.1 Å². The molecule has 3 nitrogen and oxygen atoms in total. The topological polar surface area (TPSA) is 38.5 Å². The molecule has 1 aliphatic rings. The number of piperidine rings is 1. The molecule has 0 saturated carbocycles. The molecular weight excluding hydrogens is 176 g/mol. The molecule has 0 unspecified atom stereocenters. The lowest BCUT2D eigenvalue weighted by molar-refractivity contribution is 0.101. The van der Waals surface area contributed by atoms with Crippen molar-refractivity contribution in [2.75, 3.05) is 26.8 Å². The molecule has 1 heterocycles. The van der Waals surface area contributed by atoms with Crippen LogP contribution >= 0.6 is 0 Å². The molecular formula is C11H24N2O. The summed E-state index contributed by atoms with van der Waals surface area (Å²) in [5, 5.41) is 0. The summed E-state index contributed by atoms with van der Waals surface area (Å²) in [6, 6.07) is 0.655. The van der Waals surface area contributed by atoms with Gasteiger partial charge in [-0.2, -0.15) is 0 Å². The van der Waals surface area contributed by atoms with Gasteiger partial charge in [0.25, 0.3) is 0 Å². The number of nitrogens with two attached hydrogens (primary N) is 1. The van der Waals surface area contributed by atoms with Crippen LogP contribution in [-0.4, -0.2) is 43.3 Å². The fraction of sp³-hybridized carbons (Fsp3) is 1.00. The van der Waals surface area contributed by atoms with Gasteiger partial charge in [0.05, 0.1) is 0 Å². The third kappa shape index (κ3) is 3.23. The molecule has 0 spiro atoms. The summed E-state index contributed by atoms with van der Waals surface area (Å²) in [7, 11) is 1.74. The quantitative estimate of drug-likeness (QED) is 0.741. The first-order valence-corrected chi connectivity index (χ1v) is 5.59. The Balaban J connectivity index is 2.33. The zero-order valence-electron chi connectivity index (χ0n) is 9.75. The number of ether oxygens (including phenoxy) is 1. The number of hydrogen-bond acceptors (Lipinski definition) is 3. The molecule has 84 valence electrons. The van der Waals surface area contributed by atoms with Gasteiger partial charge in [-0.1, -0.05) is 0 Å². The monoisotopic (exact) mass is 200 g/mol. The Labute approximate surface area is 87.6 Å². The number of nitrogens with zero attached hydrogens (tertiary/aromatic N) is 1. The van der Waals surface area contributed by atoms with Gasteiger partial charge in [0.1, 0.15) is 0 Å². The normalized spacial score (nSPS) is 22.9. The Morgan fingerprint density at radius 1 is 1.36 bits per heavy atom. The molecule has 0 bridgehead atoms. The van der Waals surface area contributed by atoms with Gasteiger partial charge in [0, 0.05) is 38.4 Å². The van der Waals surface area contributed by atoms with Gasteiger partial charge < -0.3 is 15.4 Å². The molecule has 1 saturated heterocycles. The van der Waals surface area contributed by atoms with Crippen molar-refractivity contribution in [3.8, 4) is 0 Å². The molecule has 0 amide bonds. The summed E-state index contributed by atoms with van der Waals surface area (Å²) in [5.74, 6) is 0. The average Bonchev–Trinajstić information content (AvgIpc) is 2.16. The molecule has 3 heteroatoms. The summed E-state index contributed by atoms with van der Waals surface area (Å²) < 4.78 is 5.09. The van der Waals surface area contributed by atoms with E-state index in [1.54, 1.807) is 7.11 Å². The van der Waals surface area contributed by atoms with Crippen LogP contribution in [0.5, 0.6) is 0 Å². The molecule has 1 fully saturated rings. The summed E-state index contributed by atoms with van der Waals surface area (Å²) in [6.07, 6.45) is 3.21. The molecule has 1 aliphatic heterocycles. The summed E-state index contributed by atoms with van der Waals surface area (Å²) in [5.41, 5.74) is 6.33. The molecule has 0 radical (unpaired) electrons. The Hall–Kier alpha value is -0.120. The Morgan fingerprint density at radius 2 is 1.93 bits per heavy atom. The summed E-state index contributed by atoms with van der Waals surface area (Å²) >= 11 is 0. The van der Waals surface area contributed by atoms with Gasteiger partial charge in [0.2, 0.25) is 0 Å². The maximum atomic E-state index is 6.30. The predicted molar refractivity (Wildman–Crippen MR) is 59.4 cm³/mol. The van der Waals surface area contributed by atoms with E-state index in [0.717, 1.165) is 39.0 Å². The first-order valence-electron chi connectivity index (χ1n) is 5.59. The number of rotatable bonds is 4. The minimum Gasteiger partial charge on any atom is -0.385 e. The van der Waals surface area contributed by atoms with Gasteiger partial charge in [0.15, 0.2) is 0 Å². The van der Waals surface area contributed by atoms with Crippen molar-refractivity contribution in [1.82, 2.24) is 4.90 Å². The van der Waals surface area contributed by atoms with Gasteiger partial charge in [-0.05, 0) is 33.1 Å². The third-order valence-electron chi connectivity index (χ3n) is 3.33. The van der Waals surface area contributed by atoms with Crippen LogP contribution in [0.15, 0.2) is 0 Å². The van der Waals surface area contributed by atoms with Crippen LogP contribution in [0.2, 0.25) is 0 Å². The van der Waals surface area contributed by atoms with Crippen molar-refractivity contribution >= 4 is 0 Å². The highest BCUT2D eigenvalue weighted by Gasteiger charge is 2.30. The Morgan fingerprint density at radius 3 is 2.36 bits per heavy atom. The molecule has 0 aromatic rings. The second kappa shape index (κ2) is 5.10. The SMILES string of the molecule is COCCC1(N)CCN(C(C)C)CC1. The zero-order valence-corrected chi connectivity index (χ0v) is 9.75. The lowest BCUT2D eigenvalue weighted by Gasteiger charge is -2.40. The summed E-state index contributed by atoms with van der Waals surface area (Å²) in [4.78, 5) is 2.50. The van der Waals surface area contributed by atoms with E-state index in [9.17, 15) is 0 Å². The van der Waals surface area contributed by atoms with Crippen LogP contribution in [0, 0.1) is 0 Å². The molecule has 0 aromatic heterocycles. The van der Waals surface area contributed by atoms with Crippen molar-refractivity contribution < 1.29 is 4.74 Å². The highest BCUT2D eigenvalue weighted by atomic mass is 16.5. The lowest BCUT2D eigenvalue weighted by atomic mass is 9.85. The number of hydrogen-bond donors (Lipinski definition) is 1. The van der Waals surface area contributed by atoms with Crippen molar-refractivity contribution in [3.63, 3.8) is 0 Å². The van der Waals surface area contributed by atoms with E-state index in [1.165, 1.54) is 0 Å². The van der Waals surface area contributed by atoms with E-state index < -0.39 is 0 Å². The number of likely N-dealkylation sites (tertiary alicyclic amines) is 1. The van der Waals surface area contributed by atoms with Crippen molar-refractivity contribution in [3.05, 3.63) is 0 Å². The summed E-state index contributed by atoms with van der Waals surface area (Å²) in [6.45, 7) is 7.56. The standard InChI is InChI=1S/C11H24N2O/c1-10(2)13-7-4-11(12,5-8-13)6-9-14-3/h10H,4-9,12H2,1-3H3. The second-order valence-corrected chi connectivity index (χ2v) is 4.73. The van der Waals surface area contributed by atoms with E-state index in [0.29, 0.717) is 6.04 Å². The average molecular weight is 200 g/mol. The van der Waals surface area contributed by atoms with Crippen LogP contribution in [-0.2, 0) is 4.74 Å². The third-order valence-corrected chi connectivity index (χ3v) is 3.33. The van der Waals surface area contributed by atoms with Crippen LogP contribution in [0.3, 0.4) is 0 Å². The van der Waals surface area contributed by atoms with Crippen LogP contribution < -0.4 is 5.73 Å². The molecule has 0 atom stereocenters.